The highest BCUT2D eigenvalue weighted by Gasteiger charge is 2.00. The standard InChI is InChI=1S/C7H4NOS/c1-2-6(9-4-1)7-8-3-5-10-7/h1-3,5H. The Morgan fingerprint density at radius 3 is 3.20 bits per heavy atom. The van der Waals surface area contributed by atoms with Crippen LogP contribution in [-0.2, 0) is 0 Å². The van der Waals surface area contributed by atoms with Crippen LogP contribution in [0.3, 0.4) is 0 Å². The molecule has 0 amide bonds. The van der Waals surface area contributed by atoms with E-state index >= 15 is 0 Å². The summed E-state index contributed by atoms with van der Waals surface area (Å²) < 4.78 is 5.00. The average Bonchev–Trinajstić information content (AvgIpc) is 2.59. The topological polar surface area (TPSA) is 26.0 Å². The van der Waals surface area contributed by atoms with Crippen LogP contribution in [0.15, 0.2) is 28.1 Å². The minimum absolute atomic E-state index is 0.787. The first-order valence-corrected chi connectivity index (χ1v) is 3.70. The quantitative estimate of drug-likeness (QED) is 0.622. The predicted octanol–water partition coefficient (Wildman–Crippen LogP) is 2.20. The van der Waals surface area contributed by atoms with Gasteiger partial charge in [0.25, 0.3) is 0 Å². The van der Waals surface area contributed by atoms with Gasteiger partial charge < -0.3 is 4.42 Å². The Kier molecular flexibility index (Phi) is 1.29. The molecule has 2 nitrogen and oxygen atoms in total. The Bertz CT molecular complexity index is 253. The molecule has 10 heavy (non-hydrogen) atoms. The van der Waals surface area contributed by atoms with Gasteiger partial charge in [0.05, 0.1) is 0 Å². The minimum atomic E-state index is 0.787. The summed E-state index contributed by atoms with van der Waals surface area (Å²) >= 11 is 1.56. The molecule has 49 valence electrons. The number of nitrogens with zero attached hydrogens (tertiary/aromatic N) is 1. The van der Waals surface area contributed by atoms with Gasteiger partial charge in [-0.25, -0.2) is 4.98 Å². The Labute approximate surface area is 62.1 Å². The van der Waals surface area contributed by atoms with E-state index in [0.717, 1.165) is 10.8 Å². The molecular weight excluding hydrogens is 146 g/mol. The van der Waals surface area contributed by atoms with E-state index in [4.69, 9.17) is 4.42 Å². The third-order valence-electron chi connectivity index (χ3n) is 1.11. The second kappa shape index (κ2) is 2.27. The summed E-state index contributed by atoms with van der Waals surface area (Å²) in [5.74, 6) is 0.787. The molecule has 2 aromatic heterocycles. The zero-order valence-electron chi connectivity index (χ0n) is 5.07. The van der Waals surface area contributed by atoms with Crippen LogP contribution in [0.25, 0.3) is 10.8 Å². The lowest BCUT2D eigenvalue weighted by Crippen LogP contribution is -1.65. The summed E-state index contributed by atoms with van der Waals surface area (Å²) in [4.78, 5) is 4.06. The van der Waals surface area contributed by atoms with Gasteiger partial charge in [0, 0.05) is 11.6 Å². The summed E-state index contributed by atoms with van der Waals surface area (Å²) in [6.45, 7) is 0. The van der Waals surface area contributed by atoms with Crippen molar-refractivity contribution in [3.63, 3.8) is 0 Å². The Hall–Kier alpha value is -1.09. The van der Waals surface area contributed by atoms with Gasteiger partial charge >= 0.3 is 0 Å². The van der Waals surface area contributed by atoms with Gasteiger partial charge in [-0.2, -0.15) is 0 Å². The highest BCUT2D eigenvalue weighted by molar-refractivity contribution is 7.13. The highest BCUT2D eigenvalue weighted by atomic mass is 32.1. The number of hydrogen-bond donors (Lipinski definition) is 0. The summed E-state index contributed by atoms with van der Waals surface area (Å²) in [5.41, 5.74) is 0. The smallest absolute Gasteiger partial charge is 0.170 e. The molecule has 2 aromatic rings. The lowest BCUT2D eigenvalue weighted by Gasteiger charge is -1.83. The second-order valence-electron chi connectivity index (χ2n) is 1.75. The number of rotatable bonds is 1. The van der Waals surface area contributed by atoms with E-state index in [1.807, 2.05) is 11.4 Å². The third kappa shape index (κ3) is 0.844. The van der Waals surface area contributed by atoms with Crippen molar-refractivity contribution in [1.82, 2.24) is 4.98 Å². The molecule has 3 heteroatoms. The first kappa shape index (κ1) is 5.68. The van der Waals surface area contributed by atoms with Gasteiger partial charge in [0.2, 0.25) is 0 Å². The first-order chi connectivity index (χ1) is 4.97. The number of aromatic nitrogens is 1. The zero-order chi connectivity index (χ0) is 6.81. The van der Waals surface area contributed by atoms with Crippen LogP contribution in [0, 0.1) is 6.26 Å². The van der Waals surface area contributed by atoms with Crippen LogP contribution in [0.1, 0.15) is 0 Å². The van der Waals surface area contributed by atoms with Crippen LogP contribution in [-0.4, -0.2) is 4.98 Å². The van der Waals surface area contributed by atoms with Gasteiger partial charge in [-0.1, -0.05) is 0 Å². The summed E-state index contributed by atoms with van der Waals surface area (Å²) in [6.07, 6.45) is 4.36. The van der Waals surface area contributed by atoms with Gasteiger partial charge in [-0.05, 0) is 12.1 Å². The van der Waals surface area contributed by atoms with Crippen LogP contribution >= 0.6 is 11.3 Å². The molecule has 0 saturated heterocycles. The van der Waals surface area contributed by atoms with Gasteiger partial charge in [0.1, 0.15) is 0 Å². The van der Waals surface area contributed by atoms with E-state index in [1.54, 1.807) is 23.6 Å². The van der Waals surface area contributed by atoms with E-state index < -0.39 is 0 Å². The van der Waals surface area contributed by atoms with Crippen molar-refractivity contribution in [3.8, 4) is 10.8 Å². The molecule has 0 bridgehead atoms. The van der Waals surface area contributed by atoms with Crippen LogP contribution in [0.5, 0.6) is 0 Å². The van der Waals surface area contributed by atoms with E-state index in [0.29, 0.717) is 0 Å². The van der Waals surface area contributed by atoms with Crippen molar-refractivity contribution in [1.29, 1.82) is 0 Å². The molecule has 2 heterocycles. The summed E-state index contributed by atoms with van der Waals surface area (Å²) in [7, 11) is 0. The van der Waals surface area contributed by atoms with Crippen molar-refractivity contribution < 1.29 is 4.42 Å². The monoisotopic (exact) mass is 150 g/mol. The fraction of sp³-hybridized carbons (Fsp3) is 0. The Balaban J connectivity index is 2.48. The third-order valence-corrected chi connectivity index (χ3v) is 1.90. The molecule has 0 fully saturated rings. The van der Waals surface area contributed by atoms with Crippen molar-refractivity contribution >= 4 is 11.3 Å². The van der Waals surface area contributed by atoms with E-state index in [9.17, 15) is 0 Å². The summed E-state index contributed by atoms with van der Waals surface area (Å²) in [5, 5.41) is 2.82. The van der Waals surface area contributed by atoms with E-state index in [2.05, 4.69) is 11.2 Å². The maximum Gasteiger partial charge on any atom is 0.170 e. The first-order valence-electron chi connectivity index (χ1n) is 2.82. The van der Waals surface area contributed by atoms with Gasteiger partial charge in [-0.15, -0.1) is 11.3 Å². The van der Waals surface area contributed by atoms with Crippen molar-refractivity contribution in [3.05, 3.63) is 30.0 Å². The van der Waals surface area contributed by atoms with Crippen molar-refractivity contribution in [2.75, 3.05) is 0 Å². The average molecular weight is 150 g/mol. The number of hydrogen-bond acceptors (Lipinski definition) is 3. The van der Waals surface area contributed by atoms with Gasteiger partial charge in [-0.3, -0.25) is 0 Å². The SMILES string of the molecule is [c]1ccc(-c2nccs2)o1. The highest BCUT2D eigenvalue weighted by Crippen LogP contribution is 2.20. The molecule has 0 spiro atoms. The van der Waals surface area contributed by atoms with Crippen molar-refractivity contribution in [2.45, 2.75) is 0 Å². The Morgan fingerprint density at radius 2 is 2.60 bits per heavy atom. The van der Waals surface area contributed by atoms with Crippen molar-refractivity contribution in [2.24, 2.45) is 0 Å². The lowest BCUT2D eigenvalue weighted by molar-refractivity contribution is 0.572. The molecule has 0 atom stereocenters. The second-order valence-corrected chi connectivity index (χ2v) is 2.65. The van der Waals surface area contributed by atoms with Gasteiger partial charge in [0.15, 0.2) is 17.0 Å². The molecule has 0 aliphatic rings. The zero-order valence-corrected chi connectivity index (χ0v) is 5.89. The van der Waals surface area contributed by atoms with E-state index in [1.165, 1.54) is 0 Å². The number of thiazole rings is 1. The fourth-order valence-corrected chi connectivity index (χ4v) is 1.30. The molecule has 0 saturated carbocycles. The molecule has 0 aromatic carbocycles. The Morgan fingerprint density at radius 1 is 1.60 bits per heavy atom. The fourth-order valence-electron chi connectivity index (χ4n) is 0.701. The van der Waals surface area contributed by atoms with E-state index in [-0.39, 0.29) is 0 Å². The molecule has 0 N–H and O–H groups in total. The maximum absolute atomic E-state index is 5.00. The number of furan rings is 1. The maximum atomic E-state index is 5.00. The molecule has 0 aliphatic heterocycles. The van der Waals surface area contributed by atoms with Crippen LogP contribution in [0.4, 0.5) is 0 Å². The minimum Gasteiger partial charge on any atom is -0.450 e. The molecule has 0 unspecified atom stereocenters. The largest absolute Gasteiger partial charge is 0.450 e. The normalized spacial score (nSPS) is 10.0. The molecule has 2 rings (SSSR count). The summed E-state index contributed by atoms with van der Waals surface area (Å²) in [6, 6.07) is 3.58. The van der Waals surface area contributed by atoms with Crippen LogP contribution in [0.2, 0.25) is 0 Å². The molecule has 1 radical (unpaired) electrons. The van der Waals surface area contributed by atoms with Crippen LogP contribution < -0.4 is 0 Å². The molecule has 0 aliphatic carbocycles. The predicted molar refractivity (Wildman–Crippen MR) is 38.7 cm³/mol. The molecular formula is C7H4NOS. The lowest BCUT2D eigenvalue weighted by atomic mass is 10.5.